The van der Waals surface area contributed by atoms with Crippen LogP contribution in [0.5, 0.6) is 0 Å². The number of carbonyl (C=O) groups is 1. The molecule has 0 unspecified atom stereocenters. The molecule has 0 aromatic carbocycles. The highest BCUT2D eigenvalue weighted by molar-refractivity contribution is 7.09. The third-order valence-corrected chi connectivity index (χ3v) is 3.91. The van der Waals surface area contributed by atoms with Gasteiger partial charge in [-0.05, 0) is 19.3 Å². The normalized spacial score (nSPS) is 23.3. The monoisotopic (exact) mass is 269 g/mol. The predicted molar refractivity (Wildman–Crippen MR) is 70.8 cm³/mol. The molecular weight excluding hydrogens is 250 g/mol. The molecule has 1 aliphatic carbocycles. The molecule has 0 bridgehead atoms. The van der Waals surface area contributed by atoms with Crippen molar-refractivity contribution in [3.63, 3.8) is 0 Å². The third kappa shape index (κ3) is 2.98. The molecule has 0 amide bonds. The number of hydrogen-bond acceptors (Lipinski definition) is 6. The predicted octanol–water partition coefficient (Wildman–Crippen LogP) is 2.42. The maximum absolute atomic E-state index is 11.4. The molecule has 0 aliphatic heterocycles. The fraction of sp³-hybridized carbons (Fsp3) is 0.750. The van der Waals surface area contributed by atoms with E-state index in [9.17, 15) is 4.79 Å². The van der Waals surface area contributed by atoms with Crippen molar-refractivity contribution in [3.05, 3.63) is 5.82 Å². The van der Waals surface area contributed by atoms with Gasteiger partial charge in [-0.15, -0.1) is 0 Å². The maximum Gasteiger partial charge on any atom is 0.308 e. The van der Waals surface area contributed by atoms with E-state index in [0.717, 1.165) is 30.2 Å². The molecule has 1 aromatic heterocycles. The van der Waals surface area contributed by atoms with E-state index < -0.39 is 0 Å². The molecule has 1 aromatic rings. The number of nitrogens with one attached hydrogen (secondary N) is 1. The molecule has 6 heteroatoms. The van der Waals surface area contributed by atoms with Crippen LogP contribution in [-0.4, -0.2) is 28.5 Å². The van der Waals surface area contributed by atoms with Gasteiger partial charge in [-0.2, -0.15) is 4.37 Å². The van der Waals surface area contributed by atoms with Gasteiger partial charge in [-0.3, -0.25) is 4.79 Å². The van der Waals surface area contributed by atoms with Gasteiger partial charge in [0.15, 0.2) is 0 Å². The van der Waals surface area contributed by atoms with Crippen LogP contribution in [0.1, 0.15) is 44.9 Å². The highest BCUT2D eigenvalue weighted by Gasteiger charge is 2.31. The Morgan fingerprint density at radius 3 is 2.89 bits per heavy atom. The number of ether oxygens (including phenoxy) is 1. The van der Waals surface area contributed by atoms with Crippen LogP contribution in [0.25, 0.3) is 0 Å². The standard InChI is InChI=1S/C12H19N3O2S/c1-7(2)10-14-12(18-15-10)13-9-5-4-8(6-9)11(16)17-3/h7-9H,4-6H2,1-3H3,(H,13,14,15)/t8-,9+/m0/s1. The van der Waals surface area contributed by atoms with E-state index in [1.54, 1.807) is 0 Å². The summed E-state index contributed by atoms with van der Waals surface area (Å²) < 4.78 is 9.08. The molecule has 0 saturated heterocycles. The maximum atomic E-state index is 11.4. The Morgan fingerprint density at radius 2 is 2.28 bits per heavy atom. The van der Waals surface area contributed by atoms with Crippen molar-refractivity contribution in [1.82, 2.24) is 9.36 Å². The second-order valence-electron chi connectivity index (χ2n) is 4.99. The number of rotatable bonds is 4. The summed E-state index contributed by atoms with van der Waals surface area (Å²) >= 11 is 1.39. The van der Waals surface area contributed by atoms with Crippen LogP contribution in [-0.2, 0) is 9.53 Å². The van der Waals surface area contributed by atoms with E-state index in [4.69, 9.17) is 4.74 Å². The molecule has 1 N–H and O–H groups in total. The largest absolute Gasteiger partial charge is 0.469 e. The zero-order valence-electron chi connectivity index (χ0n) is 11.0. The Kier molecular flexibility index (Phi) is 4.16. The van der Waals surface area contributed by atoms with Crippen molar-refractivity contribution in [2.75, 3.05) is 12.4 Å². The summed E-state index contributed by atoms with van der Waals surface area (Å²) in [5, 5.41) is 4.22. The van der Waals surface area contributed by atoms with E-state index in [1.807, 2.05) is 0 Å². The van der Waals surface area contributed by atoms with E-state index >= 15 is 0 Å². The Labute approximate surface area is 111 Å². The van der Waals surface area contributed by atoms with Crippen molar-refractivity contribution in [2.45, 2.75) is 45.1 Å². The van der Waals surface area contributed by atoms with Gasteiger partial charge in [0.25, 0.3) is 0 Å². The number of esters is 1. The molecule has 0 radical (unpaired) electrons. The van der Waals surface area contributed by atoms with Gasteiger partial charge < -0.3 is 10.1 Å². The summed E-state index contributed by atoms with van der Waals surface area (Å²) in [6.45, 7) is 4.16. The van der Waals surface area contributed by atoms with Crippen LogP contribution in [0.4, 0.5) is 5.13 Å². The summed E-state index contributed by atoms with van der Waals surface area (Å²) in [6, 6.07) is 0.307. The summed E-state index contributed by atoms with van der Waals surface area (Å²) in [7, 11) is 1.45. The molecule has 100 valence electrons. The molecule has 1 saturated carbocycles. The summed E-state index contributed by atoms with van der Waals surface area (Å²) in [5.41, 5.74) is 0. The van der Waals surface area contributed by atoms with Crippen molar-refractivity contribution in [1.29, 1.82) is 0 Å². The molecule has 1 fully saturated rings. The van der Waals surface area contributed by atoms with E-state index in [-0.39, 0.29) is 11.9 Å². The Balaban J connectivity index is 1.89. The average molecular weight is 269 g/mol. The Bertz CT molecular complexity index is 419. The number of hydrogen-bond donors (Lipinski definition) is 1. The molecule has 1 heterocycles. The summed E-state index contributed by atoms with van der Waals surface area (Å²) in [4.78, 5) is 15.9. The summed E-state index contributed by atoms with van der Waals surface area (Å²) in [5.74, 6) is 1.16. The number of anilines is 1. The second-order valence-corrected chi connectivity index (χ2v) is 5.74. The minimum absolute atomic E-state index is 0.0324. The van der Waals surface area contributed by atoms with Gasteiger partial charge in [-0.1, -0.05) is 13.8 Å². The number of aromatic nitrogens is 2. The topological polar surface area (TPSA) is 64.1 Å². The van der Waals surface area contributed by atoms with E-state index in [2.05, 4.69) is 28.5 Å². The lowest BCUT2D eigenvalue weighted by Crippen LogP contribution is -2.18. The smallest absolute Gasteiger partial charge is 0.308 e. The van der Waals surface area contributed by atoms with Gasteiger partial charge in [0.1, 0.15) is 5.82 Å². The van der Waals surface area contributed by atoms with Crippen molar-refractivity contribution >= 4 is 22.6 Å². The van der Waals surface area contributed by atoms with Crippen LogP contribution in [0, 0.1) is 5.92 Å². The van der Waals surface area contributed by atoms with E-state index in [1.165, 1.54) is 18.6 Å². The van der Waals surface area contributed by atoms with Crippen LogP contribution in [0.3, 0.4) is 0 Å². The number of nitrogens with zero attached hydrogens (tertiary/aromatic N) is 2. The highest BCUT2D eigenvalue weighted by Crippen LogP contribution is 2.29. The molecular formula is C12H19N3O2S. The van der Waals surface area contributed by atoms with Crippen molar-refractivity contribution in [2.24, 2.45) is 5.92 Å². The van der Waals surface area contributed by atoms with Crippen molar-refractivity contribution in [3.8, 4) is 0 Å². The highest BCUT2D eigenvalue weighted by atomic mass is 32.1. The number of carbonyl (C=O) groups excluding carboxylic acids is 1. The Hall–Kier alpha value is -1.17. The zero-order chi connectivity index (χ0) is 13.1. The van der Waals surface area contributed by atoms with E-state index in [0.29, 0.717) is 12.0 Å². The molecule has 2 rings (SSSR count). The third-order valence-electron chi connectivity index (χ3n) is 3.25. The molecule has 18 heavy (non-hydrogen) atoms. The van der Waals surface area contributed by atoms with Crippen LogP contribution in [0.15, 0.2) is 0 Å². The average Bonchev–Trinajstić information content (AvgIpc) is 2.98. The van der Waals surface area contributed by atoms with Gasteiger partial charge in [0, 0.05) is 23.5 Å². The van der Waals surface area contributed by atoms with Crippen LogP contribution < -0.4 is 5.32 Å². The minimum atomic E-state index is -0.0977. The first kappa shape index (κ1) is 13.3. The van der Waals surface area contributed by atoms with Crippen LogP contribution in [0.2, 0.25) is 0 Å². The second kappa shape index (κ2) is 5.65. The lowest BCUT2D eigenvalue weighted by atomic mass is 10.1. The molecule has 0 spiro atoms. The SMILES string of the molecule is COC(=O)[C@H]1CC[C@@H](Nc2nc(C(C)C)ns2)C1. The van der Waals surface area contributed by atoms with Crippen molar-refractivity contribution < 1.29 is 9.53 Å². The minimum Gasteiger partial charge on any atom is -0.469 e. The summed E-state index contributed by atoms with van der Waals surface area (Å²) in [6.07, 6.45) is 2.69. The molecule has 5 nitrogen and oxygen atoms in total. The first-order valence-electron chi connectivity index (χ1n) is 6.28. The Morgan fingerprint density at radius 1 is 1.50 bits per heavy atom. The zero-order valence-corrected chi connectivity index (χ0v) is 11.8. The molecule has 2 atom stereocenters. The first-order valence-corrected chi connectivity index (χ1v) is 7.05. The number of methoxy groups -OCH3 is 1. The lowest BCUT2D eigenvalue weighted by molar-refractivity contribution is -0.145. The first-order chi connectivity index (χ1) is 8.60. The quantitative estimate of drug-likeness (QED) is 0.850. The van der Waals surface area contributed by atoms with Gasteiger partial charge in [0.05, 0.1) is 13.0 Å². The van der Waals surface area contributed by atoms with Crippen LogP contribution >= 0.6 is 11.5 Å². The van der Waals surface area contributed by atoms with Gasteiger partial charge >= 0.3 is 5.97 Å². The van der Waals surface area contributed by atoms with Gasteiger partial charge in [-0.25, -0.2) is 4.98 Å². The lowest BCUT2D eigenvalue weighted by Gasteiger charge is -2.10. The molecule has 1 aliphatic rings. The fourth-order valence-electron chi connectivity index (χ4n) is 2.20. The van der Waals surface area contributed by atoms with Gasteiger partial charge in [0.2, 0.25) is 5.13 Å². The fourth-order valence-corrected chi connectivity index (χ4v) is 2.98.